The summed E-state index contributed by atoms with van der Waals surface area (Å²) in [5.41, 5.74) is 1.96. The minimum absolute atomic E-state index is 0.0466. The van der Waals surface area contributed by atoms with Crippen molar-refractivity contribution in [1.82, 2.24) is 9.88 Å². The maximum atomic E-state index is 13.2. The van der Waals surface area contributed by atoms with Crippen molar-refractivity contribution >= 4 is 17.4 Å². The van der Waals surface area contributed by atoms with E-state index in [0.29, 0.717) is 35.8 Å². The van der Waals surface area contributed by atoms with Gasteiger partial charge in [0, 0.05) is 24.5 Å². The molecule has 1 amide bonds. The summed E-state index contributed by atoms with van der Waals surface area (Å²) >= 11 is 0. The van der Waals surface area contributed by atoms with E-state index in [1.54, 1.807) is 54.9 Å². The fraction of sp³-hybridized carbons (Fsp3) is 0.250. The van der Waals surface area contributed by atoms with Gasteiger partial charge in [-0.05, 0) is 66.9 Å². The summed E-state index contributed by atoms with van der Waals surface area (Å²) in [6.45, 7) is 5.21. The van der Waals surface area contributed by atoms with Gasteiger partial charge in [-0.25, -0.2) is 0 Å². The molecule has 35 heavy (non-hydrogen) atoms. The second kappa shape index (κ2) is 10.9. The van der Waals surface area contributed by atoms with Gasteiger partial charge in [0.1, 0.15) is 17.3 Å². The molecule has 1 unspecified atom stereocenters. The Labute approximate surface area is 204 Å². The Bertz CT molecular complexity index is 1200. The molecule has 1 saturated heterocycles. The molecule has 0 bridgehead atoms. The molecule has 1 fully saturated rings. The van der Waals surface area contributed by atoms with Gasteiger partial charge in [0.25, 0.3) is 11.7 Å². The molecule has 7 nitrogen and oxygen atoms in total. The SMILES string of the molecule is CCCOc1ccc(/C(O)=C2\C(=O)C(=O)N(Cc3cccnc3)C2c2ccc(OCC)cc2)cc1. The Kier molecular flexibility index (Phi) is 7.45. The number of Topliss-reactive ketones (excluding diaryl/α,β-unsaturated/α-hetero) is 1. The predicted octanol–water partition coefficient (Wildman–Crippen LogP) is 4.89. The summed E-state index contributed by atoms with van der Waals surface area (Å²) in [6.07, 6.45) is 4.18. The molecular formula is C28H28N2O5. The topological polar surface area (TPSA) is 89.0 Å². The van der Waals surface area contributed by atoms with Crippen LogP contribution in [-0.4, -0.2) is 39.9 Å². The second-order valence-corrected chi connectivity index (χ2v) is 8.16. The van der Waals surface area contributed by atoms with E-state index in [2.05, 4.69) is 4.98 Å². The molecule has 4 rings (SSSR count). The van der Waals surface area contributed by atoms with Gasteiger partial charge in [-0.1, -0.05) is 25.1 Å². The first kappa shape index (κ1) is 24.0. The first-order valence-corrected chi connectivity index (χ1v) is 11.7. The number of nitrogens with zero attached hydrogens (tertiary/aromatic N) is 2. The highest BCUT2D eigenvalue weighted by atomic mass is 16.5. The highest BCUT2D eigenvalue weighted by Crippen LogP contribution is 2.40. The van der Waals surface area contributed by atoms with Crippen molar-refractivity contribution in [2.24, 2.45) is 0 Å². The van der Waals surface area contributed by atoms with E-state index in [1.807, 2.05) is 32.0 Å². The van der Waals surface area contributed by atoms with Gasteiger partial charge in [0.15, 0.2) is 0 Å². The number of aliphatic hydroxyl groups is 1. The molecule has 0 radical (unpaired) electrons. The number of ketones is 1. The van der Waals surface area contributed by atoms with Gasteiger partial charge >= 0.3 is 0 Å². The maximum Gasteiger partial charge on any atom is 0.295 e. The molecule has 1 atom stereocenters. The highest BCUT2D eigenvalue weighted by Gasteiger charge is 2.46. The van der Waals surface area contributed by atoms with Crippen LogP contribution in [0.15, 0.2) is 78.6 Å². The summed E-state index contributed by atoms with van der Waals surface area (Å²) in [7, 11) is 0. The van der Waals surface area contributed by atoms with Crippen molar-refractivity contribution in [2.75, 3.05) is 13.2 Å². The van der Waals surface area contributed by atoms with Crippen LogP contribution in [0.2, 0.25) is 0 Å². The van der Waals surface area contributed by atoms with Crippen molar-refractivity contribution in [2.45, 2.75) is 32.9 Å². The van der Waals surface area contributed by atoms with Crippen LogP contribution < -0.4 is 9.47 Å². The lowest BCUT2D eigenvalue weighted by Gasteiger charge is -2.25. The number of carbonyl (C=O) groups excluding carboxylic acids is 2. The van der Waals surface area contributed by atoms with E-state index in [0.717, 1.165) is 12.0 Å². The fourth-order valence-corrected chi connectivity index (χ4v) is 4.08. The highest BCUT2D eigenvalue weighted by molar-refractivity contribution is 6.46. The van der Waals surface area contributed by atoms with Crippen molar-refractivity contribution in [3.05, 3.63) is 95.3 Å². The summed E-state index contributed by atoms with van der Waals surface area (Å²) in [6, 6.07) is 16.9. The molecule has 0 saturated carbocycles. The molecular weight excluding hydrogens is 444 g/mol. The second-order valence-electron chi connectivity index (χ2n) is 8.16. The molecule has 0 aliphatic carbocycles. The van der Waals surface area contributed by atoms with Crippen molar-refractivity contribution in [3.8, 4) is 11.5 Å². The van der Waals surface area contributed by atoms with Gasteiger partial charge < -0.3 is 19.5 Å². The van der Waals surface area contributed by atoms with Crippen LogP contribution in [0, 0.1) is 0 Å². The van der Waals surface area contributed by atoms with Crippen LogP contribution in [0.4, 0.5) is 0 Å². The van der Waals surface area contributed by atoms with Crippen LogP contribution in [0.5, 0.6) is 11.5 Å². The number of rotatable bonds is 9. The lowest BCUT2D eigenvalue weighted by Crippen LogP contribution is -2.29. The monoisotopic (exact) mass is 472 g/mol. The standard InChI is InChI=1S/C28H28N2O5/c1-3-16-35-23-13-9-21(10-14-23)26(31)24-25(20-7-11-22(12-8-20)34-4-2)30(28(33)27(24)32)18-19-6-5-15-29-17-19/h5-15,17,25,31H,3-4,16,18H2,1-2H3/b26-24+. The Balaban J connectivity index is 1.77. The number of carbonyl (C=O) groups is 2. The zero-order valence-electron chi connectivity index (χ0n) is 19.8. The first-order chi connectivity index (χ1) is 17.0. The van der Waals surface area contributed by atoms with Crippen molar-refractivity contribution < 1.29 is 24.2 Å². The minimum Gasteiger partial charge on any atom is -0.507 e. The molecule has 2 aromatic carbocycles. The lowest BCUT2D eigenvalue weighted by molar-refractivity contribution is -0.140. The molecule has 2 heterocycles. The molecule has 1 aromatic heterocycles. The first-order valence-electron chi connectivity index (χ1n) is 11.7. The van der Waals surface area contributed by atoms with Gasteiger partial charge in [-0.15, -0.1) is 0 Å². The average molecular weight is 473 g/mol. The number of pyridine rings is 1. The van der Waals surface area contributed by atoms with Crippen molar-refractivity contribution in [1.29, 1.82) is 0 Å². The maximum absolute atomic E-state index is 13.2. The Morgan fingerprint density at radius 1 is 0.971 bits per heavy atom. The number of ether oxygens (including phenoxy) is 2. The molecule has 1 aliphatic heterocycles. The summed E-state index contributed by atoms with van der Waals surface area (Å²) in [5.74, 6) is -0.265. The smallest absolute Gasteiger partial charge is 0.295 e. The van der Waals surface area contributed by atoms with Crippen molar-refractivity contribution in [3.63, 3.8) is 0 Å². The molecule has 180 valence electrons. The average Bonchev–Trinajstić information content (AvgIpc) is 3.13. The summed E-state index contributed by atoms with van der Waals surface area (Å²) < 4.78 is 11.2. The Hall–Kier alpha value is -4.13. The van der Waals surface area contributed by atoms with E-state index in [4.69, 9.17) is 9.47 Å². The van der Waals surface area contributed by atoms with Crippen LogP contribution >= 0.6 is 0 Å². The third kappa shape index (κ3) is 5.19. The zero-order valence-corrected chi connectivity index (χ0v) is 19.8. The third-order valence-corrected chi connectivity index (χ3v) is 5.72. The zero-order chi connectivity index (χ0) is 24.8. The molecule has 0 spiro atoms. The predicted molar refractivity (Wildman–Crippen MR) is 132 cm³/mol. The normalized spacial score (nSPS) is 17.0. The largest absolute Gasteiger partial charge is 0.507 e. The number of likely N-dealkylation sites (tertiary alicyclic amines) is 1. The lowest BCUT2D eigenvalue weighted by atomic mass is 9.95. The summed E-state index contributed by atoms with van der Waals surface area (Å²) in [4.78, 5) is 31.9. The molecule has 3 aromatic rings. The number of aromatic nitrogens is 1. The van der Waals surface area contributed by atoms with E-state index in [-0.39, 0.29) is 17.9 Å². The van der Waals surface area contributed by atoms with E-state index >= 15 is 0 Å². The number of hydrogen-bond donors (Lipinski definition) is 1. The van der Waals surface area contributed by atoms with Gasteiger partial charge in [-0.2, -0.15) is 0 Å². The van der Waals surface area contributed by atoms with Gasteiger partial charge in [-0.3, -0.25) is 14.6 Å². The fourth-order valence-electron chi connectivity index (χ4n) is 4.08. The molecule has 1 N–H and O–H groups in total. The van der Waals surface area contributed by atoms with Gasteiger partial charge in [0.2, 0.25) is 0 Å². The quantitative estimate of drug-likeness (QED) is 0.271. The van der Waals surface area contributed by atoms with E-state index in [9.17, 15) is 14.7 Å². The molecule has 7 heteroatoms. The van der Waals surface area contributed by atoms with Crippen LogP contribution in [0.1, 0.15) is 43.0 Å². The minimum atomic E-state index is -0.762. The van der Waals surface area contributed by atoms with Crippen LogP contribution in [-0.2, 0) is 16.1 Å². The number of hydrogen-bond acceptors (Lipinski definition) is 6. The number of benzene rings is 2. The summed E-state index contributed by atoms with van der Waals surface area (Å²) in [5, 5.41) is 11.2. The number of amides is 1. The van der Waals surface area contributed by atoms with E-state index in [1.165, 1.54) is 4.90 Å². The Morgan fingerprint density at radius 3 is 2.29 bits per heavy atom. The van der Waals surface area contributed by atoms with Crippen LogP contribution in [0.3, 0.4) is 0 Å². The Morgan fingerprint density at radius 2 is 1.66 bits per heavy atom. The van der Waals surface area contributed by atoms with E-state index < -0.39 is 17.7 Å². The number of aliphatic hydroxyl groups excluding tert-OH is 1. The molecule has 1 aliphatic rings. The van der Waals surface area contributed by atoms with Gasteiger partial charge in [0.05, 0.1) is 24.8 Å². The third-order valence-electron chi connectivity index (χ3n) is 5.72. The van der Waals surface area contributed by atoms with Crippen LogP contribution in [0.25, 0.3) is 5.76 Å².